The first kappa shape index (κ1) is 14.4. The molecule has 0 bridgehead atoms. The molecule has 7 heteroatoms. The number of hydrogen-bond donors (Lipinski definition) is 1. The first-order valence-electron chi connectivity index (χ1n) is 6.39. The summed E-state index contributed by atoms with van der Waals surface area (Å²) in [4.78, 5) is 23.8. The lowest BCUT2D eigenvalue weighted by atomic mass is 9.94. The molecule has 6 nitrogen and oxygen atoms in total. The molecule has 0 aliphatic carbocycles. The number of rotatable bonds is 2. The van der Waals surface area contributed by atoms with Gasteiger partial charge in [0.15, 0.2) is 0 Å². The molecule has 1 aromatic carbocycles. The van der Waals surface area contributed by atoms with Gasteiger partial charge in [0.25, 0.3) is 11.6 Å². The Kier molecular flexibility index (Phi) is 3.99. The summed E-state index contributed by atoms with van der Waals surface area (Å²) in [5.41, 5.74) is 5.31. The van der Waals surface area contributed by atoms with Gasteiger partial charge in [-0.15, -0.1) is 0 Å². The van der Waals surface area contributed by atoms with Gasteiger partial charge in [-0.25, -0.2) is 4.39 Å². The molecular formula is C13H16FN3O3. The van der Waals surface area contributed by atoms with Crippen molar-refractivity contribution in [1.82, 2.24) is 4.90 Å². The van der Waals surface area contributed by atoms with Gasteiger partial charge in [-0.2, -0.15) is 0 Å². The molecular weight excluding hydrogens is 265 g/mol. The lowest BCUT2D eigenvalue weighted by Crippen LogP contribution is -2.48. The predicted molar refractivity (Wildman–Crippen MR) is 70.7 cm³/mol. The molecule has 0 radical (unpaired) electrons. The van der Waals surface area contributed by atoms with Crippen LogP contribution in [0.4, 0.5) is 10.1 Å². The van der Waals surface area contributed by atoms with E-state index in [1.807, 2.05) is 6.92 Å². The lowest BCUT2D eigenvalue weighted by Gasteiger charge is -2.35. The Balaban J connectivity index is 2.25. The molecule has 1 amide bonds. The normalized spacial score (nSPS) is 22.6. The average Bonchev–Trinajstić information content (AvgIpc) is 2.41. The quantitative estimate of drug-likeness (QED) is 0.657. The first-order valence-corrected chi connectivity index (χ1v) is 6.39. The van der Waals surface area contributed by atoms with E-state index in [4.69, 9.17) is 5.73 Å². The molecule has 0 spiro atoms. The van der Waals surface area contributed by atoms with Crippen molar-refractivity contribution in [2.45, 2.75) is 19.4 Å². The minimum absolute atomic E-state index is 0.0222. The number of carbonyl (C=O) groups excluding carboxylic acids is 1. The molecule has 2 unspecified atom stereocenters. The van der Waals surface area contributed by atoms with Crippen LogP contribution in [0.5, 0.6) is 0 Å². The average molecular weight is 281 g/mol. The molecule has 1 aliphatic rings. The van der Waals surface area contributed by atoms with Gasteiger partial charge in [0.1, 0.15) is 5.82 Å². The van der Waals surface area contributed by atoms with Gasteiger partial charge in [-0.3, -0.25) is 14.9 Å². The van der Waals surface area contributed by atoms with Gasteiger partial charge in [0.05, 0.1) is 10.5 Å². The summed E-state index contributed by atoms with van der Waals surface area (Å²) in [5.74, 6) is -1.15. The van der Waals surface area contributed by atoms with E-state index < -0.39 is 16.6 Å². The third-order valence-electron chi connectivity index (χ3n) is 3.65. The first-order chi connectivity index (χ1) is 9.40. The van der Waals surface area contributed by atoms with Crippen molar-refractivity contribution in [3.05, 3.63) is 39.7 Å². The fraction of sp³-hybridized carbons (Fsp3) is 0.462. The molecule has 1 fully saturated rings. The van der Waals surface area contributed by atoms with Crippen LogP contribution in [0.1, 0.15) is 23.7 Å². The SMILES string of the molecule is CC1CN(C(=O)c2cc([N+](=O)[O-])ccc2F)CCC1N. The summed E-state index contributed by atoms with van der Waals surface area (Å²) in [5, 5.41) is 10.7. The van der Waals surface area contributed by atoms with Crippen LogP contribution in [-0.2, 0) is 0 Å². The Labute approximate surface area is 115 Å². The number of non-ortho nitro benzene ring substituents is 1. The van der Waals surface area contributed by atoms with E-state index in [1.165, 1.54) is 4.90 Å². The predicted octanol–water partition coefficient (Wildman–Crippen LogP) is 1.54. The fourth-order valence-electron chi connectivity index (χ4n) is 2.31. The van der Waals surface area contributed by atoms with Crippen LogP contribution < -0.4 is 5.73 Å². The summed E-state index contributed by atoms with van der Waals surface area (Å²) in [6, 6.07) is 3.00. The number of hydrogen-bond acceptors (Lipinski definition) is 4. The fourth-order valence-corrected chi connectivity index (χ4v) is 2.31. The molecule has 108 valence electrons. The Bertz CT molecular complexity index is 550. The second kappa shape index (κ2) is 5.54. The van der Waals surface area contributed by atoms with Crippen LogP contribution in [0.25, 0.3) is 0 Å². The van der Waals surface area contributed by atoms with E-state index in [0.29, 0.717) is 19.5 Å². The van der Waals surface area contributed by atoms with E-state index in [-0.39, 0.29) is 23.2 Å². The molecule has 2 N–H and O–H groups in total. The van der Waals surface area contributed by atoms with Crippen molar-refractivity contribution in [3.8, 4) is 0 Å². The largest absolute Gasteiger partial charge is 0.338 e. The summed E-state index contributed by atoms with van der Waals surface area (Å²) >= 11 is 0. The van der Waals surface area contributed by atoms with Crippen LogP contribution >= 0.6 is 0 Å². The summed E-state index contributed by atoms with van der Waals surface area (Å²) in [6.45, 7) is 2.79. The zero-order valence-corrected chi connectivity index (χ0v) is 11.1. The third kappa shape index (κ3) is 2.77. The van der Waals surface area contributed by atoms with Crippen LogP contribution in [0.2, 0.25) is 0 Å². The molecule has 2 atom stereocenters. The van der Waals surface area contributed by atoms with E-state index in [0.717, 1.165) is 18.2 Å². The summed E-state index contributed by atoms with van der Waals surface area (Å²) < 4.78 is 13.7. The second-order valence-electron chi connectivity index (χ2n) is 5.10. The molecule has 2 rings (SSSR count). The van der Waals surface area contributed by atoms with Crippen LogP contribution in [-0.4, -0.2) is 34.9 Å². The van der Waals surface area contributed by atoms with E-state index in [9.17, 15) is 19.3 Å². The Morgan fingerprint density at radius 2 is 2.25 bits per heavy atom. The van der Waals surface area contributed by atoms with Gasteiger partial charge in [-0.1, -0.05) is 6.92 Å². The maximum absolute atomic E-state index is 13.7. The molecule has 0 aromatic heterocycles. The van der Waals surface area contributed by atoms with Gasteiger partial charge in [0, 0.05) is 31.3 Å². The van der Waals surface area contributed by atoms with Gasteiger partial charge >= 0.3 is 0 Å². The summed E-state index contributed by atoms with van der Waals surface area (Å²) in [6.07, 6.45) is 0.642. The standard InChI is InChI=1S/C13H16FN3O3/c1-8-7-16(5-4-12(8)15)13(18)10-6-9(17(19)20)2-3-11(10)14/h2-3,6,8,12H,4-5,7,15H2,1H3. The molecule has 1 heterocycles. The number of nitro groups is 1. The molecule has 1 aromatic rings. The molecule has 0 saturated carbocycles. The third-order valence-corrected chi connectivity index (χ3v) is 3.65. The summed E-state index contributed by atoms with van der Waals surface area (Å²) in [7, 11) is 0. The number of likely N-dealkylation sites (tertiary alicyclic amines) is 1. The molecule has 1 saturated heterocycles. The van der Waals surface area contributed by atoms with Crippen molar-refractivity contribution in [1.29, 1.82) is 0 Å². The number of benzene rings is 1. The van der Waals surface area contributed by atoms with Crippen LogP contribution in [0, 0.1) is 21.8 Å². The van der Waals surface area contributed by atoms with Gasteiger partial charge in [0.2, 0.25) is 0 Å². The topological polar surface area (TPSA) is 89.5 Å². The molecule has 1 aliphatic heterocycles. The van der Waals surface area contributed by atoms with E-state index >= 15 is 0 Å². The highest BCUT2D eigenvalue weighted by molar-refractivity contribution is 5.95. The van der Waals surface area contributed by atoms with Crippen molar-refractivity contribution in [3.63, 3.8) is 0 Å². The zero-order valence-electron chi connectivity index (χ0n) is 11.1. The van der Waals surface area contributed by atoms with Crippen LogP contribution in [0.3, 0.4) is 0 Å². The van der Waals surface area contributed by atoms with Crippen molar-refractivity contribution < 1.29 is 14.1 Å². The Morgan fingerprint density at radius 1 is 1.55 bits per heavy atom. The second-order valence-corrected chi connectivity index (χ2v) is 5.10. The Morgan fingerprint density at radius 3 is 2.85 bits per heavy atom. The Hall–Kier alpha value is -2.02. The number of nitro benzene ring substituents is 1. The van der Waals surface area contributed by atoms with Crippen molar-refractivity contribution in [2.75, 3.05) is 13.1 Å². The number of piperidine rings is 1. The smallest absolute Gasteiger partial charge is 0.270 e. The maximum atomic E-state index is 13.7. The highest BCUT2D eigenvalue weighted by atomic mass is 19.1. The minimum Gasteiger partial charge on any atom is -0.338 e. The van der Waals surface area contributed by atoms with Crippen molar-refractivity contribution in [2.24, 2.45) is 11.7 Å². The highest BCUT2D eigenvalue weighted by Gasteiger charge is 2.29. The van der Waals surface area contributed by atoms with Gasteiger partial charge in [-0.05, 0) is 18.4 Å². The minimum atomic E-state index is -0.747. The number of amides is 1. The monoisotopic (exact) mass is 281 g/mol. The molecule has 20 heavy (non-hydrogen) atoms. The number of nitrogens with two attached hydrogens (primary N) is 1. The highest BCUT2D eigenvalue weighted by Crippen LogP contribution is 2.21. The number of nitrogens with zero attached hydrogens (tertiary/aromatic N) is 2. The van der Waals surface area contributed by atoms with E-state index in [1.54, 1.807) is 0 Å². The number of halogens is 1. The maximum Gasteiger partial charge on any atom is 0.270 e. The van der Waals surface area contributed by atoms with Gasteiger partial charge < -0.3 is 10.6 Å². The lowest BCUT2D eigenvalue weighted by molar-refractivity contribution is -0.384. The van der Waals surface area contributed by atoms with Crippen molar-refractivity contribution >= 4 is 11.6 Å². The number of carbonyl (C=O) groups is 1. The van der Waals surface area contributed by atoms with Crippen LogP contribution in [0.15, 0.2) is 18.2 Å². The van der Waals surface area contributed by atoms with E-state index in [2.05, 4.69) is 0 Å². The zero-order chi connectivity index (χ0) is 14.9.